The van der Waals surface area contributed by atoms with E-state index in [1.165, 1.54) is 21.3 Å². The Morgan fingerprint density at radius 3 is 2.30 bits per heavy atom. The van der Waals surface area contributed by atoms with Crippen LogP contribution in [0.3, 0.4) is 0 Å². The zero-order chi connectivity index (χ0) is 23.5. The molecule has 11 heteroatoms. The number of carbonyl (C=O) groups is 1. The van der Waals surface area contributed by atoms with Crippen LogP contribution in [0.2, 0.25) is 10.0 Å². The van der Waals surface area contributed by atoms with Crippen LogP contribution in [0.15, 0.2) is 54.9 Å². The van der Waals surface area contributed by atoms with E-state index in [0.717, 1.165) is 5.06 Å². The predicted octanol–water partition coefficient (Wildman–Crippen LogP) is 5.01. The molecule has 0 saturated heterocycles. The SMILES string of the molecule is COc1cc(OC)cc(C(=O)N(OC)c2nc3ncccn3c2Nc2c(Cl)cccc2Cl)c1. The lowest BCUT2D eigenvalue weighted by Crippen LogP contribution is -2.30. The third-order valence-corrected chi connectivity index (χ3v) is 5.38. The number of methoxy groups -OCH3 is 2. The fraction of sp³-hybridized carbons (Fsp3) is 0.136. The van der Waals surface area contributed by atoms with Crippen molar-refractivity contribution in [3.05, 3.63) is 70.5 Å². The number of nitrogens with one attached hydrogen (secondary N) is 1. The van der Waals surface area contributed by atoms with Crippen molar-refractivity contribution in [2.45, 2.75) is 0 Å². The van der Waals surface area contributed by atoms with Gasteiger partial charge in [-0.2, -0.15) is 10.0 Å². The molecule has 0 radical (unpaired) electrons. The number of imidazole rings is 1. The summed E-state index contributed by atoms with van der Waals surface area (Å²) in [4.78, 5) is 27.7. The molecule has 0 atom stereocenters. The monoisotopic (exact) mass is 487 g/mol. The number of nitrogens with zero attached hydrogens (tertiary/aromatic N) is 4. The number of amides is 1. The summed E-state index contributed by atoms with van der Waals surface area (Å²) in [7, 11) is 4.36. The van der Waals surface area contributed by atoms with Crippen molar-refractivity contribution in [3.63, 3.8) is 0 Å². The van der Waals surface area contributed by atoms with Crippen molar-refractivity contribution in [1.29, 1.82) is 0 Å². The van der Waals surface area contributed by atoms with Crippen molar-refractivity contribution < 1.29 is 19.1 Å². The Kier molecular flexibility index (Phi) is 6.55. The lowest BCUT2D eigenvalue weighted by Gasteiger charge is -2.20. The van der Waals surface area contributed by atoms with Crippen molar-refractivity contribution in [3.8, 4) is 11.5 Å². The number of benzene rings is 2. The summed E-state index contributed by atoms with van der Waals surface area (Å²) in [5, 5.41) is 4.99. The molecule has 0 aliphatic carbocycles. The second kappa shape index (κ2) is 9.53. The van der Waals surface area contributed by atoms with Crippen molar-refractivity contribution in [2.24, 2.45) is 0 Å². The second-order valence-electron chi connectivity index (χ2n) is 6.68. The zero-order valence-corrected chi connectivity index (χ0v) is 19.4. The van der Waals surface area contributed by atoms with Gasteiger partial charge in [-0.3, -0.25) is 14.0 Å². The van der Waals surface area contributed by atoms with Crippen LogP contribution in [0.25, 0.3) is 5.78 Å². The first-order valence-electron chi connectivity index (χ1n) is 9.62. The van der Waals surface area contributed by atoms with Crippen LogP contribution in [0, 0.1) is 0 Å². The summed E-state index contributed by atoms with van der Waals surface area (Å²) >= 11 is 12.7. The topological polar surface area (TPSA) is 90.2 Å². The Bertz CT molecular complexity index is 1290. The zero-order valence-electron chi connectivity index (χ0n) is 17.9. The molecule has 170 valence electrons. The number of ether oxygens (including phenoxy) is 2. The Hall–Kier alpha value is -3.53. The molecular weight excluding hydrogens is 469 g/mol. The summed E-state index contributed by atoms with van der Waals surface area (Å²) in [6.07, 6.45) is 3.32. The van der Waals surface area contributed by atoms with Crippen LogP contribution in [0.1, 0.15) is 10.4 Å². The van der Waals surface area contributed by atoms with Crippen LogP contribution in [0.4, 0.5) is 17.3 Å². The van der Waals surface area contributed by atoms with Gasteiger partial charge in [0.25, 0.3) is 5.91 Å². The van der Waals surface area contributed by atoms with E-state index in [-0.39, 0.29) is 11.4 Å². The number of fused-ring (bicyclic) bond motifs is 1. The molecule has 0 fully saturated rings. The maximum atomic E-state index is 13.5. The average Bonchev–Trinajstić information content (AvgIpc) is 3.19. The fourth-order valence-electron chi connectivity index (χ4n) is 3.18. The highest BCUT2D eigenvalue weighted by Gasteiger charge is 2.27. The molecule has 0 aliphatic heterocycles. The summed E-state index contributed by atoms with van der Waals surface area (Å²) in [5.41, 5.74) is 0.707. The van der Waals surface area contributed by atoms with Gasteiger partial charge < -0.3 is 14.8 Å². The van der Waals surface area contributed by atoms with Crippen LogP contribution in [0.5, 0.6) is 11.5 Å². The van der Waals surface area contributed by atoms with Gasteiger partial charge in [0.1, 0.15) is 11.5 Å². The van der Waals surface area contributed by atoms with Gasteiger partial charge in [0.15, 0.2) is 5.82 Å². The maximum absolute atomic E-state index is 13.5. The van der Waals surface area contributed by atoms with Crippen LogP contribution in [-0.2, 0) is 4.84 Å². The van der Waals surface area contributed by atoms with Gasteiger partial charge in [0.2, 0.25) is 11.6 Å². The van der Waals surface area contributed by atoms with Gasteiger partial charge in [-0.05, 0) is 30.3 Å². The molecule has 9 nitrogen and oxygen atoms in total. The standard InChI is InChI=1S/C22H19Cl2N5O4/c1-31-14-10-13(11-15(12-14)32-2)21(30)29(33-3)20-19(28-9-5-8-25-22(28)27-20)26-18-16(23)6-4-7-17(18)24/h4-12,26H,1-3H3. The van der Waals surface area contributed by atoms with E-state index in [4.69, 9.17) is 37.5 Å². The van der Waals surface area contributed by atoms with Gasteiger partial charge in [-0.15, -0.1) is 0 Å². The number of hydrogen-bond acceptors (Lipinski definition) is 7. The van der Waals surface area contributed by atoms with Crippen molar-refractivity contribution in [2.75, 3.05) is 31.7 Å². The molecule has 4 rings (SSSR count). The highest BCUT2D eigenvalue weighted by atomic mass is 35.5. The molecular formula is C22H19Cl2N5O4. The van der Waals surface area contributed by atoms with Crippen LogP contribution >= 0.6 is 23.2 Å². The highest BCUT2D eigenvalue weighted by molar-refractivity contribution is 6.39. The van der Waals surface area contributed by atoms with Crippen molar-refractivity contribution >= 4 is 52.2 Å². The van der Waals surface area contributed by atoms with E-state index in [1.807, 2.05) is 0 Å². The smallest absolute Gasteiger partial charge is 0.284 e. The average molecular weight is 488 g/mol. The van der Waals surface area contributed by atoms with E-state index < -0.39 is 5.91 Å². The van der Waals surface area contributed by atoms with E-state index in [0.29, 0.717) is 38.8 Å². The number of aromatic nitrogens is 3. The summed E-state index contributed by atoms with van der Waals surface area (Å²) < 4.78 is 12.2. The van der Waals surface area contributed by atoms with E-state index in [2.05, 4.69) is 15.3 Å². The maximum Gasteiger partial charge on any atom is 0.284 e. The van der Waals surface area contributed by atoms with Gasteiger partial charge in [-0.1, -0.05) is 29.3 Å². The lowest BCUT2D eigenvalue weighted by atomic mass is 10.2. The molecule has 0 bridgehead atoms. The van der Waals surface area contributed by atoms with Gasteiger partial charge >= 0.3 is 0 Å². The van der Waals surface area contributed by atoms with E-state index in [1.54, 1.807) is 59.3 Å². The molecule has 1 N–H and O–H groups in total. The number of carbonyl (C=O) groups excluding carboxylic acids is 1. The molecule has 0 spiro atoms. The third-order valence-electron chi connectivity index (χ3n) is 4.75. The molecule has 2 aromatic heterocycles. The number of hydroxylamine groups is 1. The number of rotatable bonds is 7. The first-order valence-corrected chi connectivity index (χ1v) is 10.4. The van der Waals surface area contributed by atoms with Gasteiger partial charge in [0.05, 0.1) is 37.1 Å². The Morgan fingerprint density at radius 1 is 1.03 bits per heavy atom. The second-order valence-corrected chi connectivity index (χ2v) is 7.49. The van der Waals surface area contributed by atoms with Crippen LogP contribution in [-0.4, -0.2) is 41.6 Å². The minimum atomic E-state index is -0.508. The molecule has 2 aromatic carbocycles. The minimum absolute atomic E-state index is 0.152. The largest absolute Gasteiger partial charge is 0.497 e. The number of anilines is 3. The first kappa shape index (κ1) is 22.7. The number of hydrogen-bond donors (Lipinski definition) is 1. The Balaban J connectivity index is 1.84. The van der Waals surface area contributed by atoms with Gasteiger partial charge in [-0.25, -0.2) is 4.98 Å². The quantitative estimate of drug-likeness (QED) is 0.366. The molecule has 1 amide bonds. The fourth-order valence-corrected chi connectivity index (χ4v) is 3.67. The molecule has 0 aliphatic rings. The summed E-state index contributed by atoms with van der Waals surface area (Å²) in [6.45, 7) is 0. The van der Waals surface area contributed by atoms with Gasteiger partial charge in [0, 0.05) is 24.0 Å². The minimum Gasteiger partial charge on any atom is -0.497 e. The molecule has 0 unspecified atom stereocenters. The normalized spacial score (nSPS) is 10.8. The van der Waals surface area contributed by atoms with E-state index in [9.17, 15) is 4.79 Å². The number of halogens is 2. The molecule has 2 heterocycles. The Labute approximate surface area is 199 Å². The predicted molar refractivity (Wildman–Crippen MR) is 126 cm³/mol. The summed E-state index contributed by atoms with van der Waals surface area (Å²) in [6, 6.07) is 11.6. The van der Waals surface area contributed by atoms with E-state index >= 15 is 0 Å². The van der Waals surface area contributed by atoms with Crippen molar-refractivity contribution in [1.82, 2.24) is 14.4 Å². The third kappa shape index (κ3) is 4.38. The number of para-hydroxylation sites is 1. The molecule has 4 aromatic rings. The summed E-state index contributed by atoms with van der Waals surface area (Å²) in [5.74, 6) is 1.25. The molecule has 33 heavy (non-hydrogen) atoms. The van der Waals surface area contributed by atoms with Crippen LogP contribution < -0.4 is 19.9 Å². The Morgan fingerprint density at radius 2 is 1.70 bits per heavy atom. The highest BCUT2D eigenvalue weighted by Crippen LogP contribution is 2.37. The first-order chi connectivity index (χ1) is 16.0. The lowest BCUT2D eigenvalue weighted by molar-refractivity contribution is 0.0769. The molecule has 0 saturated carbocycles.